The highest BCUT2D eigenvalue weighted by Gasteiger charge is 2.28. The van der Waals surface area contributed by atoms with Crippen LogP contribution in [0.3, 0.4) is 0 Å². The van der Waals surface area contributed by atoms with Gasteiger partial charge in [0.15, 0.2) is 0 Å². The van der Waals surface area contributed by atoms with Crippen LogP contribution in [-0.4, -0.2) is 21.5 Å². The van der Waals surface area contributed by atoms with Crippen LogP contribution in [0.15, 0.2) is 18.2 Å². The number of halogens is 1. The van der Waals surface area contributed by atoms with E-state index in [0.29, 0.717) is 19.0 Å². The molecule has 2 N–H and O–H groups in total. The number of aliphatic hydroxyl groups excluding tert-OH is 1. The first-order chi connectivity index (χ1) is 11.5. The molecule has 4 nitrogen and oxygen atoms in total. The Morgan fingerprint density at radius 3 is 2.92 bits per heavy atom. The second-order valence-electron chi connectivity index (χ2n) is 6.78. The summed E-state index contributed by atoms with van der Waals surface area (Å²) >= 11 is 0. The molecule has 0 fully saturated rings. The quantitative estimate of drug-likeness (QED) is 0.885. The van der Waals surface area contributed by atoms with Gasteiger partial charge in [-0.15, -0.1) is 0 Å². The zero-order chi connectivity index (χ0) is 17.3. The average molecular weight is 331 g/mol. The first kappa shape index (κ1) is 17.1. The van der Waals surface area contributed by atoms with E-state index in [2.05, 4.69) is 17.3 Å². The molecule has 24 heavy (non-hydrogen) atoms. The number of aryl methyl sites for hydroxylation is 1. The molecule has 0 aliphatic heterocycles. The largest absolute Gasteiger partial charge is 0.394 e. The fraction of sp³-hybridized carbons (Fsp3) is 0.526. The first-order valence-electron chi connectivity index (χ1n) is 8.67. The Labute approximate surface area is 142 Å². The summed E-state index contributed by atoms with van der Waals surface area (Å²) in [5.41, 5.74) is 5.18. The Hall–Kier alpha value is -1.72. The Kier molecular flexibility index (Phi) is 5.01. The fourth-order valence-corrected chi connectivity index (χ4v) is 3.80. The van der Waals surface area contributed by atoms with Crippen LogP contribution in [-0.2, 0) is 19.5 Å². The highest BCUT2D eigenvalue weighted by molar-refractivity contribution is 5.34. The first-order valence-corrected chi connectivity index (χ1v) is 8.67. The zero-order valence-corrected chi connectivity index (χ0v) is 14.6. The molecule has 0 saturated carbocycles. The van der Waals surface area contributed by atoms with E-state index >= 15 is 0 Å². The number of benzene rings is 1. The van der Waals surface area contributed by atoms with Gasteiger partial charge in [-0.2, -0.15) is 5.10 Å². The summed E-state index contributed by atoms with van der Waals surface area (Å²) in [7, 11) is 0. The molecule has 5 heteroatoms. The molecule has 130 valence electrons. The predicted octanol–water partition coefficient (Wildman–Crippen LogP) is 3.04. The van der Waals surface area contributed by atoms with E-state index < -0.39 is 0 Å². The van der Waals surface area contributed by atoms with Crippen LogP contribution in [0.25, 0.3) is 0 Å². The molecule has 1 aliphatic rings. The van der Waals surface area contributed by atoms with Gasteiger partial charge in [0.2, 0.25) is 0 Å². The standard InChI is InChI=1S/C19H26FN3O/c1-12-7-8-15-16(5-4-6-18(15)20)19(12)21-11-17-13(2)22-23(9-10-24)14(17)3/h4-6,12,19,21,24H,7-11H2,1-3H3. The minimum absolute atomic E-state index is 0.0845. The molecule has 1 aromatic heterocycles. The van der Waals surface area contributed by atoms with Crippen molar-refractivity contribution in [2.45, 2.75) is 52.7 Å². The molecule has 1 aliphatic carbocycles. The van der Waals surface area contributed by atoms with Gasteiger partial charge in [0.25, 0.3) is 0 Å². The van der Waals surface area contributed by atoms with E-state index in [1.54, 1.807) is 12.1 Å². The topological polar surface area (TPSA) is 50.1 Å². The number of hydrogen-bond acceptors (Lipinski definition) is 3. The van der Waals surface area contributed by atoms with Crippen molar-refractivity contribution < 1.29 is 9.50 Å². The molecule has 0 amide bonds. The van der Waals surface area contributed by atoms with Gasteiger partial charge < -0.3 is 10.4 Å². The van der Waals surface area contributed by atoms with Crippen molar-refractivity contribution in [1.29, 1.82) is 0 Å². The number of nitrogens with zero attached hydrogens (tertiary/aromatic N) is 2. The monoisotopic (exact) mass is 331 g/mol. The van der Waals surface area contributed by atoms with Gasteiger partial charge in [0.05, 0.1) is 18.8 Å². The second-order valence-corrected chi connectivity index (χ2v) is 6.78. The SMILES string of the molecule is Cc1nn(CCO)c(C)c1CNC1c2cccc(F)c2CCC1C. The number of rotatable bonds is 5. The van der Waals surface area contributed by atoms with E-state index in [0.717, 1.165) is 35.4 Å². The van der Waals surface area contributed by atoms with Crippen molar-refractivity contribution in [1.82, 2.24) is 15.1 Å². The maximum atomic E-state index is 14.1. The summed E-state index contributed by atoms with van der Waals surface area (Å²) in [6.07, 6.45) is 1.81. The molecule has 0 radical (unpaired) electrons. The van der Waals surface area contributed by atoms with Crippen molar-refractivity contribution in [3.8, 4) is 0 Å². The minimum atomic E-state index is -0.0886. The van der Waals surface area contributed by atoms with Gasteiger partial charge in [0, 0.05) is 23.8 Å². The van der Waals surface area contributed by atoms with Gasteiger partial charge in [-0.25, -0.2) is 4.39 Å². The van der Waals surface area contributed by atoms with E-state index in [9.17, 15) is 4.39 Å². The molecular formula is C19H26FN3O. The van der Waals surface area contributed by atoms with Crippen LogP contribution in [0.4, 0.5) is 4.39 Å². The molecule has 3 rings (SSSR count). The summed E-state index contributed by atoms with van der Waals surface area (Å²) in [5.74, 6) is 0.377. The Morgan fingerprint density at radius 2 is 2.17 bits per heavy atom. The number of aromatic nitrogens is 2. The van der Waals surface area contributed by atoms with E-state index in [1.165, 1.54) is 5.56 Å². The van der Waals surface area contributed by atoms with Crippen molar-refractivity contribution in [3.63, 3.8) is 0 Å². The molecule has 1 aromatic carbocycles. The van der Waals surface area contributed by atoms with Crippen LogP contribution in [0.2, 0.25) is 0 Å². The highest BCUT2D eigenvalue weighted by Crippen LogP contribution is 2.35. The Morgan fingerprint density at radius 1 is 1.38 bits per heavy atom. The third-order valence-corrected chi connectivity index (χ3v) is 5.25. The van der Waals surface area contributed by atoms with Crippen molar-refractivity contribution in [2.24, 2.45) is 5.92 Å². The normalized spacial score (nSPS) is 20.2. The molecule has 0 bridgehead atoms. The summed E-state index contributed by atoms with van der Waals surface area (Å²) in [5, 5.41) is 17.3. The smallest absolute Gasteiger partial charge is 0.126 e. The number of nitrogens with one attached hydrogen (secondary N) is 1. The highest BCUT2D eigenvalue weighted by atomic mass is 19.1. The van der Waals surface area contributed by atoms with Crippen molar-refractivity contribution >= 4 is 0 Å². The van der Waals surface area contributed by atoms with Gasteiger partial charge in [-0.1, -0.05) is 19.1 Å². The molecule has 0 spiro atoms. The number of aliphatic hydroxyl groups is 1. The minimum Gasteiger partial charge on any atom is -0.394 e. The van der Waals surface area contributed by atoms with E-state index in [4.69, 9.17) is 5.11 Å². The number of fused-ring (bicyclic) bond motifs is 1. The molecule has 2 unspecified atom stereocenters. The number of hydrogen-bond donors (Lipinski definition) is 2. The van der Waals surface area contributed by atoms with Crippen LogP contribution in [0.1, 0.15) is 47.5 Å². The summed E-state index contributed by atoms with van der Waals surface area (Å²) < 4.78 is 15.9. The molecule has 0 saturated heterocycles. The third kappa shape index (κ3) is 3.10. The molecular weight excluding hydrogens is 305 g/mol. The summed E-state index contributed by atoms with van der Waals surface area (Å²) in [6.45, 7) is 7.55. The lowest BCUT2D eigenvalue weighted by atomic mass is 9.80. The third-order valence-electron chi connectivity index (χ3n) is 5.25. The van der Waals surface area contributed by atoms with Crippen molar-refractivity contribution in [2.75, 3.05) is 6.61 Å². The van der Waals surface area contributed by atoms with Gasteiger partial charge >= 0.3 is 0 Å². The van der Waals surface area contributed by atoms with Crippen LogP contribution in [0.5, 0.6) is 0 Å². The maximum Gasteiger partial charge on any atom is 0.126 e. The Bertz CT molecular complexity index is 726. The zero-order valence-electron chi connectivity index (χ0n) is 14.6. The maximum absolute atomic E-state index is 14.1. The van der Waals surface area contributed by atoms with Crippen LogP contribution in [0, 0.1) is 25.6 Å². The van der Waals surface area contributed by atoms with Crippen molar-refractivity contribution in [3.05, 3.63) is 52.1 Å². The predicted molar refractivity (Wildman–Crippen MR) is 92.3 cm³/mol. The molecule has 1 heterocycles. The lowest BCUT2D eigenvalue weighted by Crippen LogP contribution is -2.31. The molecule has 2 atom stereocenters. The summed E-state index contributed by atoms with van der Waals surface area (Å²) in [6, 6.07) is 5.56. The van der Waals surface area contributed by atoms with E-state index in [1.807, 2.05) is 24.6 Å². The lowest BCUT2D eigenvalue weighted by Gasteiger charge is -2.32. The fourth-order valence-electron chi connectivity index (χ4n) is 3.80. The van der Waals surface area contributed by atoms with Gasteiger partial charge in [-0.3, -0.25) is 4.68 Å². The lowest BCUT2D eigenvalue weighted by molar-refractivity contribution is 0.267. The van der Waals surface area contributed by atoms with Crippen LogP contribution < -0.4 is 5.32 Å². The Balaban J connectivity index is 1.81. The van der Waals surface area contributed by atoms with Gasteiger partial charge in [0.1, 0.15) is 5.82 Å². The summed E-state index contributed by atoms with van der Waals surface area (Å²) in [4.78, 5) is 0. The average Bonchev–Trinajstić information content (AvgIpc) is 2.81. The second kappa shape index (κ2) is 7.03. The van der Waals surface area contributed by atoms with Crippen LogP contribution >= 0.6 is 0 Å². The van der Waals surface area contributed by atoms with E-state index in [-0.39, 0.29) is 18.5 Å². The van der Waals surface area contributed by atoms with Gasteiger partial charge in [-0.05, 0) is 49.8 Å². The molecule has 2 aromatic rings.